The van der Waals surface area contributed by atoms with Crippen LogP contribution < -0.4 is 4.90 Å². The Kier molecular flexibility index (Phi) is 7.40. The molecule has 0 saturated heterocycles. The van der Waals surface area contributed by atoms with Crippen molar-refractivity contribution in [3.63, 3.8) is 0 Å². The number of hydrogen-bond donors (Lipinski definition) is 0. The van der Waals surface area contributed by atoms with E-state index in [0.717, 1.165) is 62.7 Å². The number of aromatic nitrogens is 3. The second-order valence-corrected chi connectivity index (χ2v) is 12.7. The predicted molar refractivity (Wildman–Crippen MR) is 209 cm³/mol. The Morgan fingerprint density at radius 1 is 0.560 bits per heavy atom. The van der Waals surface area contributed by atoms with E-state index in [2.05, 4.69) is 186 Å². The summed E-state index contributed by atoms with van der Waals surface area (Å²) in [5.41, 5.74) is 15.0. The van der Waals surface area contributed by atoms with E-state index in [1.54, 1.807) is 0 Å². The van der Waals surface area contributed by atoms with E-state index in [1.165, 1.54) is 27.7 Å². The Bertz CT molecular complexity index is 2540. The van der Waals surface area contributed by atoms with Gasteiger partial charge in [-0.1, -0.05) is 103 Å². The van der Waals surface area contributed by atoms with E-state index in [9.17, 15) is 0 Å². The molecule has 0 unspecified atom stereocenters. The third-order valence-electron chi connectivity index (χ3n) is 9.49. The van der Waals surface area contributed by atoms with Gasteiger partial charge in [-0.25, -0.2) is 9.97 Å². The zero-order valence-electron chi connectivity index (χ0n) is 27.7. The van der Waals surface area contributed by atoms with Crippen LogP contribution in [0.4, 0.5) is 17.1 Å². The van der Waals surface area contributed by atoms with Crippen LogP contribution in [0.2, 0.25) is 0 Å². The van der Waals surface area contributed by atoms with E-state index < -0.39 is 0 Å². The topological polar surface area (TPSA) is 34.0 Å². The first-order valence-electron chi connectivity index (χ1n) is 17.1. The van der Waals surface area contributed by atoms with Gasteiger partial charge in [-0.05, 0) is 97.3 Å². The van der Waals surface area contributed by atoms with Gasteiger partial charge in [-0.2, -0.15) is 0 Å². The number of nitrogens with zero attached hydrogens (tertiary/aromatic N) is 4. The number of allylic oxidation sites excluding steroid dienone is 3. The summed E-state index contributed by atoms with van der Waals surface area (Å²) >= 11 is 0. The van der Waals surface area contributed by atoms with Crippen LogP contribution in [0.5, 0.6) is 0 Å². The number of para-hydroxylation sites is 2. The standard InChI is InChI=1S/C46H34N4/c1-32-21-30-41-42(31-32)48-45(33-13-5-2-6-14-33)46(47-41)34-22-24-36(25-23-34)49(35-15-7-3-8-16-35)37-26-28-38(29-27-37)50-43-19-10-4-9-17-39(43)40-18-11-12-20-44(40)50/h2-16,18-31H,17H2,1H3. The molecule has 50 heavy (non-hydrogen) atoms. The van der Waals surface area contributed by atoms with Crippen LogP contribution in [0.15, 0.2) is 170 Å². The van der Waals surface area contributed by atoms with Gasteiger partial charge < -0.3 is 9.47 Å². The van der Waals surface area contributed by atoms with Gasteiger partial charge in [-0.15, -0.1) is 0 Å². The fourth-order valence-corrected chi connectivity index (χ4v) is 7.11. The molecule has 0 radical (unpaired) electrons. The summed E-state index contributed by atoms with van der Waals surface area (Å²) in [6, 6.07) is 53.5. The van der Waals surface area contributed by atoms with Crippen LogP contribution in [0.25, 0.3) is 56.2 Å². The average Bonchev–Trinajstić information content (AvgIpc) is 3.29. The van der Waals surface area contributed by atoms with Crippen molar-refractivity contribution in [2.75, 3.05) is 4.90 Å². The van der Waals surface area contributed by atoms with Crippen molar-refractivity contribution in [1.82, 2.24) is 14.5 Å². The molecule has 2 heterocycles. The molecule has 0 spiro atoms. The summed E-state index contributed by atoms with van der Waals surface area (Å²) in [7, 11) is 0. The van der Waals surface area contributed by atoms with E-state index in [-0.39, 0.29) is 0 Å². The molecule has 1 aliphatic rings. The lowest BCUT2D eigenvalue weighted by molar-refractivity contribution is 1.08. The molecule has 2 aromatic heterocycles. The van der Waals surface area contributed by atoms with Gasteiger partial charge in [0.1, 0.15) is 0 Å². The highest BCUT2D eigenvalue weighted by molar-refractivity contribution is 5.91. The lowest BCUT2D eigenvalue weighted by Gasteiger charge is -2.26. The van der Waals surface area contributed by atoms with Gasteiger partial charge in [0.25, 0.3) is 0 Å². The molecule has 1 aliphatic carbocycles. The molecule has 0 aliphatic heterocycles. The molecule has 0 bridgehead atoms. The second kappa shape index (κ2) is 12.5. The van der Waals surface area contributed by atoms with Crippen molar-refractivity contribution in [3.05, 3.63) is 187 Å². The second-order valence-electron chi connectivity index (χ2n) is 12.7. The minimum absolute atomic E-state index is 0.872. The Balaban J connectivity index is 1.13. The van der Waals surface area contributed by atoms with Gasteiger partial charge in [-0.3, -0.25) is 0 Å². The highest BCUT2D eigenvalue weighted by atomic mass is 15.1. The van der Waals surface area contributed by atoms with E-state index in [0.29, 0.717) is 0 Å². The van der Waals surface area contributed by atoms with Crippen molar-refractivity contribution >= 4 is 45.1 Å². The van der Waals surface area contributed by atoms with Crippen LogP contribution in [-0.2, 0) is 6.42 Å². The van der Waals surface area contributed by atoms with E-state index in [4.69, 9.17) is 9.97 Å². The summed E-state index contributed by atoms with van der Waals surface area (Å²) in [4.78, 5) is 12.6. The predicted octanol–water partition coefficient (Wildman–Crippen LogP) is 11.8. The van der Waals surface area contributed by atoms with Gasteiger partial charge in [0.2, 0.25) is 0 Å². The number of benzene rings is 6. The quantitative estimate of drug-likeness (QED) is 0.181. The van der Waals surface area contributed by atoms with Crippen LogP contribution in [0.1, 0.15) is 16.8 Å². The molecule has 0 atom stereocenters. The van der Waals surface area contributed by atoms with Crippen LogP contribution in [-0.4, -0.2) is 14.5 Å². The fourth-order valence-electron chi connectivity index (χ4n) is 7.11. The van der Waals surface area contributed by atoms with Crippen molar-refractivity contribution in [2.24, 2.45) is 0 Å². The number of rotatable bonds is 6. The van der Waals surface area contributed by atoms with Crippen molar-refractivity contribution in [2.45, 2.75) is 13.3 Å². The molecule has 8 aromatic rings. The highest BCUT2D eigenvalue weighted by Gasteiger charge is 2.19. The largest absolute Gasteiger partial charge is 0.311 e. The molecule has 0 N–H and O–H groups in total. The first kappa shape index (κ1) is 29.6. The van der Waals surface area contributed by atoms with Gasteiger partial charge in [0.15, 0.2) is 0 Å². The maximum absolute atomic E-state index is 5.16. The first-order chi connectivity index (χ1) is 24.7. The minimum atomic E-state index is 0.872. The van der Waals surface area contributed by atoms with Gasteiger partial charge >= 0.3 is 0 Å². The van der Waals surface area contributed by atoms with Crippen LogP contribution in [0, 0.1) is 6.92 Å². The third kappa shape index (κ3) is 5.28. The SMILES string of the molecule is Cc1ccc2nc(-c3ccc(N(c4ccccc4)c4ccc(-n5c6c(c7ccccc75)CC=CC=C6)cc4)cc3)c(-c3ccccc3)nc2c1. The molecule has 4 heteroatoms. The highest BCUT2D eigenvalue weighted by Crippen LogP contribution is 2.39. The molecule has 0 amide bonds. The lowest BCUT2D eigenvalue weighted by atomic mass is 10.0. The van der Waals surface area contributed by atoms with Crippen molar-refractivity contribution in [3.8, 4) is 28.2 Å². The Hall–Kier alpha value is -6.52. The summed E-state index contributed by atoms with van der Waals surface area (Å²) in [5, 5.41) is 1.30. The molecule has 238 valence electrons. The van der Waals surface area contributed by atoms with Crippen molar-refractivity contribution in [1.29, 1.82) is 0 Å². The molecular weight excluding hydrogens is 609 g/mol. The zero-order valence-corrected chi connectivity index (χ0v) is 27.7. The smallest absolute Gasteiger partial charge is 0.0973 e. The van der Waals surface area contributed by atoms with Crippen LogP contribution in [0.3, 0.4) is 0 Å². The summed E-state index contributed by atoms with van der Waals surface area (Å²) in [6.45, 7) is 2.09. The van der Waals surface area contributed by atoms with E-state index in [1.807, 2.05) is 6.07 Å². The van der Waals surface area contributed by atoms with Gasteiger partial charge in [0.05, 0.1) is 33.6 Å². The molecule has 4 nitrogen and oxygen atoms in total. The monoisotopic (exact) mass is 642 g/mol. The van der Waals surface area contributed by atoms with Crippen molar-refractivity contribution < 1.29 is 0 Å². The molecule has 6 aromatic carbocycles. The Morgan fingerprint density at radius 3 is 1.94 bits per heavy atom. The Morgan fingerprint density at radius 2 is 1.18 bits per heavy atom. The zero-order chi connectivity index (χ0) is 33.4. The minimum Gasteiger partial charge on any atom is -0.311 e. The number of aryl methyl sites for hydroxylation is 1. The summed E-state index contributed by atoms with van der Waals surface area (Å²) in [5.74, 6) is 0. The average molecular weight is 643 g/mol. The maximum atomic E-state index is 5.16. The Labute approximate surface area is 292 Å². The number of hydrogen-bond acceptors (Lipinski definition) is 3. The van der Waals surface area contributed by atoms with E-state index >= 15 is 0 Å². The summed E-state index contributed by atoms with van der Waals surface area (Å²) < 4.78 is 2.38. The lowest BCUT2D eigenvalue weighted by Crippen LogP contribution is -2.10. The number of fused-ring (bicyclic) bond motifs is 4. The normalized spacial score (nSPS) is 12.3. The number of anilines is 3. The first-order valence-corrected chi connectivity index (χ1v) is 17.1. The third-order valence-corrected chi connectivity index (χ3v) is 9.49. The van der Waals surface area contributed by atoms with Gasteiger partial charge in [0, 0.05) is 39.3 Å². The molecule has 0 fully saturated rings. The maximum Gasteiger partial charge on any atom is 0.0973 e. The molecule has 0 saturated carbocycles. The molecular formula is C46H34N4. The summed E-state index contributed by atoms with van der Waals surface area (Å²) in [6.07, 6.45) is 9.67. The fraction of sp³-hybridized carbons (Fsp3) is 0.0435. The van der Waals surface area contributed by atoms with Crippen LogP contribution >= 0.6 is 0 Å². The molecule has 9 rings (SSSR count).